The topological polar surface area (TPSA) is 92.4 Å². The number of fused-ring (bicyclic) bond motifs is 1. The van der Waals surface area contributed by atoms with Crippen molar-refractivity contribution in [3.05, 3.63) is 29.0 Å². The van der Waals surface area contributed by atoms with Gasteiger partial charge in [-0.1, -0.05) is 6.08 Å². The molecule has 2 amide bonds. The Hall–Kier alpha value is -2.09. The lowest BCUT2D eigenvalue weighted by atomic mass is 10.2. The largest absolute Gasteiger partial charge is 0.395 e. The van der Waals surface area contributed by atoms with Gasteiger partial charge in [0.05, 0.1) is 6.61 Å². The number of aliphatic hydroxyl groups is 1. The van der Waals surface area contributed by atoms with Gasteiger partial charge in [-0.3, -0.25) is 4.57 Å². The Kier molecular flexibility index (Phi) is 6.40. The van der Waals surface area contributed by atoms with Crippen molar-refractivity contribution >= 4 is 6.03 Å². The van der Waals surface area contributed by atoms with Crippen molar-refractivity contribution in [1.29, 1.82) is 0 Å². The molecule has 1 aromatic rings. The van der Waals surface area contributed by atoms with Crippen LogP contribution in [0, 0.1) is 0 Å². The van der Waals surface area contributed by atoms with E-state index in [-0.39, 0.29) is 24.9 Å². The lowest BCUT2D eigenvalue weighted by Gasteiger charge is -2.20. The summed E-state index contributed by atoms with van der Waals surface area (Å²) in [6.45, 7) is 5.85. The Morgan fingerprint density at radius 2 is 2.30 bits per heavy atom. The molecule has 1 aliphatic heterocycles. The number of aryl methyl sites for hydroxylation is 2. The number of nitrogens with one attached hydrogen (secondary N) is 1. The van der Waals surface area contributed by atoms with E-state index in [0.717, 1.165) is 31.6 Å². The fraction of sp³-hybridized carbons (Fsp3) is 0.667. The molecular formula is C15H25N5O3. The van der Waals surface area contributed by atoms with Gasteiger partial charge < -0.3 is 15.3 Å². The van der Waals surface area contributed by atoms with Gasteiger partial charge in [-0.05, 0) is 19.3 Å². The summed E-state index contributed by atoms with van der Waals surface area (Å²) >= 11 is 0. The number of rotatable bonds is 8. The molecule has 2 heterocycles. The molecule has 8 nitrogen and oxygen atoms in total. The third kappa shape index (κ3) is 4.44. The van der Waals surface area contributed by atoms with Crippen molar-refractivity contribution in [2.24, 2.45) is 0 Å². The van der Waals surface area contributed by atoms with Crippen LogP contribution in [0.25, 0.3) is 0 Å². The highest BCUT2D eigenvalue weighted by molar-refractivity contribution is 5.74. The van der Waals surface area contributed by atoms with Crippen LogP contribution < -0.4 is 11.0 Å². The quantitative estimate of drug-likeness (QED) is 0.519. The summed E-state index contributed by atoms with van der Waals surface area (Å²) in [7, 11) is 0. The second kappa shape index (κ2) is 8.52. The lowest BCUT2D eigenvalue weighted by molar-refractivity contribution is 0.183. The molecule has 2 N–H and O–H groups in total. The van der Waals surface area contributed by atoms with E-state index < -0.39 is 0 Å². The Labute approximate surface area is 135 Å². The normalized spacial score (nSPS) is 13.4. The van der Waals surface area contributed by atoms with Crippen LogP contribution in [0.5, 0.6) is 0 Å². The molecule has 0 saturated heterocycles. The smallest absolute Gasteiger partial charge is 0.345 e. The molecule has 2 rings (SSSR count). The molecule has 23 heavy (non-hydrogen) atoms. The second-order valence-electron chi connectivity index (χ2n) is 5.57. The van der Waals surface area contributed by atoms with Crippen molar-refractivity contribution in [2.75, 3.05) is 26.2 Å². The van der Waals surface area contributed by atoms with E-state index >= 15 is 0 Å². The van der Waals surface area contributed by atoms with Crippen LogP contribution in [0.15, 0.2) is 17.4 Å². The molecule has 8 heteroatoms. The van der Waals surface area contributed by atoms with Gasteiger partial charge in [-0.2, -0.15) is 5.10 Å². The van der Waals surface area contributed by atoms with Crippen LogP contribution in [0.1, 0.15) is 25.1 Å². The van der Waals surface area contributed by atoms with E-state index in [0.29, 0.717) is 26.1 Å². The fourth-order valence-electron chi connectivity index (χ4n) is 2.68. The minimum atomic E-state index is -0.240. The zero-order valence-electron chi connectivity index (χ0n) is 13.4. The zero-order chi connectivity index (χ0) is 16.7. The van der Waals surface area contributed by atoms with Gasteiger partial charge in [0, 0.05) is 39.1 Å². The highest BCUT2D eigenvalue weighted by Crippen LogP contribution is 2.09. The van der Waals surface area contributed by atoms with Gasteiger partial charge in [-0.25, -0.2) is 14.3 Å². The fourth-order valence-corrected chi connectivity index (χ4v) is 2.68. The predicted octanol–water partition coefficient (Wildman–Crippen LogP) is -0.0389. The number of hydrogen-bond acceptors (Lipinski definition) is 4. The molecule has 0 spiro atoms. The molecule has 0 bridgehead atoms. The predicted molar refractivity (Wildman–Crippen MR) is 86.3 cm³/mol. The molecule has 0 atom stereocenters. The number of carbonyl (C=O) groups is 1. The number of hydrogen-bond donors (Lipinski definition) is 2. The van der Waals surface area contributed by atoms with Gasteiger partial charge in [-0.15, -0.1) is 6.58 Å². The molecular weight excluding hydrogens is 298 g/mol. The highest BCUT2D eigenvalue weighted by atomic mass is 16.3. The first-order valence-electron chi connectivity index (χ1n) is 8.08. The van der Waals surface area contributed by atoms with Gasteiger partial charge in [0.2, 0.25) is 0 Å². The number of nitrogens with zero attached hydrogens (tertiary/aromatic N) is 4. The summed E-state index contributed by atoms with van der Waals surface area (Å²) < 4.78 is 3.23. The first-order valence-corrected chi connectivity index (χ1v) is 8.08. The molecule has 1 aliphatic rings. The average Bonchev–Trinajstić information content (AvgIpc) is 2.88. The summed E-state index contributed by atoms with van der Waals surface area (Å²) in [5, 5.41) is 16.1. The van der Waals surface area contributed by atoms with Crippen LogP contribution in [0.3, 0.4) is 0 Å². The lowest BCUT2D eigenvalue weighted by Crippen LogP contribution is -2.42. The van der Waals surface area contributed by atoms with E-state index in [1.807, 2.05) is 0 Å². The number of aromatic nitrogens is 3. The van der Waals surface area contributed by atoms with E-state index in [9.17, 15) is 9.59 Å². The van der Waals surface area contributed by atoms with Gasteiger partial charge in [0.25, 0.3) is 0 Å². The van der Waals surface area contributed by atoms with E-state index in [4.69, 9.17) is 5.11 Å². The number of carbonyl (C=O) groups excluding carboxylic acids is 1. The summed E-state index contributed by atoms with van der Waals surface area (Å²) in [4.78, 5) is 25.6. The molecule has 0 saturated carbocycles. The highest BCUT2D eigenvalue weighted by Gasteiger charge is 2.16. The van der Waals surface area contributed by atoms with Crippen molar-refractivity contribution in [2.45, 2.75) is 38.8 Å². The standard InChI is InChI=1S/C15H25N5O3/c1-2-8-18(11-12-21)14(22)16-7-5-10-20-15(23)19-9-4-3-6-13(19)17-20/h2,21H,1,3-12H2,(H,16,22). The maximum atomic E-state index is 12.1. The van der Waals surface area contributed by atoms with Crippen molar-refractivity contribution in [3.63, 3.8) is 0 Å². The maximum absolute atomic E-state index is 12.1. The third-order valence-electron chi connectivity index (χ3n) is 3.86. The summed E-state index contributed by atoms with van der Waals surface area (Å²) in [5.41, 5.74) is -0.0559. The second-order valence-corrected chi connectivity index (χ2v) is 5.57. The number of amides is 2. The Morgan fingerprint density at radius 3 is 3.00 bits per heavy atom. The van der Waals surface area contributed by atoms with Crippen LogP contribution >= 0.6 is 0 Å². The Balaban J connectivity index is 1.79. The van der Waals surface area contributed by atoms with Gasteiger partial charge in [0.15, 0.2) is 0 Å². The van der Waals surface area contributed by atoms with Crippen molar-refractivity contribution in [1.82, 2.24) is 24.6 Å². The van der Waals surface area contributed by atoms with Crippen LogP contribution in [0.2, 0.25) is 0 Å². The monoisotopic (exact) mass is 323 g/mol. The van der Waals surface area contributed by atoms with Crippen molar-refractivity contribution < 1.29 is 9.90 Å². The minimum absolute atomic E-state index is 0.0559. The SMILES string of the molecule is C=CCN(CCO)C(=O)NCCCn1nc2n(c1=O)CCCC2. The molecule has 0 fully saturated rings. The maximum Gasteiger partial charge on any atom is 0.345 e. The number of aliphatic hydroxyl groups excluding tert-OH is 1. The summed E-state index contributed by atoms with van der Waals surface area (Å²) in [5.74, 6) is 0.866. The van der Waals surface area contributed by atoms with Crippen LogP contribution in [0.4, 0.5) is 4.79 Å². The Morgan fingerprint density at radius 1 is 1.48 bits per heavy atom. The first-order chi connectivity index (χ1) is 11.2. The van der Waals surface area contributed by atoms with E-state index in [1.165, 1.54) is 9.58 Å². The molecule has 0 aliphatic carbocycles. The Bertz CT molecular complexity index is 592. The van der Waals surface area contributed by atoms with Crippen LogP contribution in [-0.2, 0) is 19.5 Å². The first kappa shape index (κ1) is 17.3. The van der Waals surface area contributed by atoms with E-state index in [1.54, 1.807) is 10.6 Å². The average molecular weight is 323 g/mol. The van der Waals surface area contributed by atoms with Gasteiger partial charge in [0.1, 0.15) is 5.82 Å². The molecule has 0 unspecified atom stereocenters. The third-order valence-corrected chi connectivity index (χ3v) is 3.86. The van der Waals surface area contributed by atoms with Gasteiger partial charge >= 0.3 is 11.7 Å². The molecule has 0 aromatic carbocycles. The zero-order valence-corrected chi connectivity index (χ0v) is 13.4. The van der Waals surface area contributed by atoms with Crippen LogP contribution in [-0.4, -0.2) is 56.6 Å². The molecule has 128 valence electrons. The van der Waals surface area contributed by atoms with Crippen molar-refractivity contribution in [3.8, 4) is 0 Å². The summed E-state index contributed by atoms with van der Waals surface area (Å²) in [6, 6.07) is -0.240. The minimum Gasteiger partial charge on any atom is -0.395 e. The number of urea groups is 1. The summed E-state index contributed by atoms with van der Waals surface area (Å²) in [6.07, 6.45) is 5.21. The molecule has 0 radical (unpaired) electrons. The van der Waals surface area contributed by atoms with E-state index in [2.05, 4.69) is 17.0 Å². The molecule has 1 aromatic heterocycles.